The summed E-state index contributed by atoms with van der Waals surface area (Å²) in [5.41, 5.74) is 3.08. The van der Waals surface area contributed by atoms with E-state index in [9.17, 15) is 0 Å². The number of fused-ring (bicyclic) bond motifs is 1. The minimum Gasteiger partial charge on any atom is -0.487 e. The molecule has 0 radical (unpaired) electrons. The standard InChI is InChI=1S/C17H16Cl2O/c1-17(2)10-12-9-11(7-8-15(12)20-17)16(19)13-5-3-4-6-14(13)18/h3-9,16H,10H2,1-2H3. The van der Waals surface area contributed by atoms with Gasteiger partial charge in [0.25, 0.3) is 0 Å². The van der Waals surface area contributed by atoms with E-state index in [4.69, 9.17) is 27.9 Å². The summed E-state index contributed by atoms with van der Waals surface area (Å²) in [7, 11) is 0. The van der Waals surface area contributed by atoms with Crippen LogP contribution >= 0.6 is 23.2 Å². The average Bonchev–Trinajstić information content (AvgIpc) is 2.71. The van der Waals surface area contributed by atoms with Gasteiger partial charge in [0, 0.05) is 11.4 Å². The normalized spacial score (nSPS) is 17.4. The summed E-state index contributed by atoms with van der Waals surface area (Å²) < 4.78 is 5.89. The molecule has 1 atom stereocenters. The van der Waals surface area contributed by atoms with E-state index >= 15 is 0 Å². The van der Waals surface area contributed by atoms with Crippen LogP contribution in [-0.2, 0) is 6.42 Å². The summed E-state index contributed by atoms with van der Waals surface area (Å²) in [4.78, 5) is 0. The number of ether oxygens (including phenoxy) is 1. The zero-order valence-electron chi connectivity index (χ0n) is 11.5. The van der Waals surface area contributed by atoms with Gasteiger partial charge in [0.05, 0.1) is 5.38 Å². The summed E-state index contributed by atoms with van der Waals surface area (Å²) in [6, 6.07) is 13.8. The smallest absolute Gasteiger partial charge is 0.123 e. The minimum absolute atomic E-state index is 0.132. The zero-order chi connectivity index (χ0) is 14.3. The van der Waals surface area contributed by atoms with Crippen LogP contribution in [0.25, 0.3) is 0 Å². The van der Waals surface area contributed by atoms with Crippen LogP contribution in [0.2, 0.25) is 5.02 Å². The molecule has 1 heterocycles. The van der Waals surface area contributed by atoms with E-state index in [1.807, 2.05) is 36.4 Å². The molecule has 1 unspecified atom stereocenters. The highest BCUT2D eigenvalue weighted by Gasteiger charge is 2.30. The molecular formula is C17H16Cl2O. The molecule has 1 aliphatic heterocycles. The largest absolute Gasteiger partial charge is 0.487 e. The Hall–Kier alpha value is -1.18. The maximum Gasteiger partial charge on any atom is 0.123 e. The third-order valence-electron chi connectivity index (χ3n) is 3.56. The van der Waals surface area contributed by atoms with Crippen molar-refractivity contribution in [3.8, 4) is 5.75 Å². The van der Waals surface area contributed by atoms with Crippen molar-refractivity contribution >= 4 is 23.2 Å². The molecule has 20 heavy (non-hydrogen) atoms. The molecule has 0 fully saturated rings. The zero-order valence-corrected chi connectivity index (χ0v) is 13.0. The van der Waals surface area contributed by atoms with Crippen LogP contribution in [0.5, 0.6) is 5.75 Å². The Labute approximate surface area is 129 Å². The Morgan fingerprint density at radius 2 is 1.90 bits per heavy atom. The molecule has 3 heteroatoms. The highest BCUT2D eigenvalue weighted by atomic mass is 35.5. The van der Waals surface area contributed by atoms with Gasteiger partial charge < -0.3 is 4.74 Å². The fraction of sp³-hybridized carbons (Fsp3) is 0.294. The molecule has 0 bridgehead atoms. The van der Waals surface area contributed by atoms with Crippen molar-refractivity contribution in [3.05, 3.63) is 64.2 Å². The van der Waals surface area contributed by atoms with Crippen molar-refractivity contribution in [1.82, 2.24) is 0 Å². The Morgan fingerprint density at radius 3 is 2.65 bits per heavy atom. The Balaban J connectivity index is 1.95. The average molecular weight is 307 g/mol. The minimum atomic E-state index is -0.238. The molecule has 0 spiro atoms. The number of benzene rings is 2. The van der Waals surface area contributed by atoms with Gasteiger partial charge in [0.15, 0.2) is 0 Å². The van der Waals surface area contributed by atoms with E-state index < -0.39 is 0 Å². The third kappa shape index (κ3) is 2.53. The molecule has 0 saturated heterocycles. The van der Waals surface area contributed by atoms with E-state index in [0.29, 0.717) is 5.02 Å². The number of halogens is 2. The summed E-state index contributed by atoms with van der Waals surface area (Å²) in [6.45, 7) is 4.19. The Bertz CT molecular complexity index is 649. The maximum atomic E-state index is 6.58. The SMILES string of the molecule is CC1(C)Cc2cc(C(Cl)c3ccccc3Cl)ccc2O1. The number of rotatable bonds is 2. The van der Waals surface area contributed by atoms with Gasteiger partial charge in [0.2, 0.25) is 0 Å². The van der Waals surface area contributed by atoms with E-state index in [1.165, 1.54) is 5.56 Å². The highest BCUT2D eigenvalue weighted by molar-refractivity contribution is 6.33. The molecule has 0 aromatic heterocycles. The van der Waals surface area contributed by atoms with Crippen molar-refractivity contribution in [2.75, 3.05) is 0 Å². The molecule has 0 amide bonds. The maximum absolute atomic E-state index is 6.58. The van der Waals surface area contributed by atoms with Crippen LogP contribution in [0.4, 0.5) is 0 Å². The van der Waals surface area contributed by atoms with Crippen molar-refractivity contribution in [3.63, 3.8) is 0 Å². The van der Waals surface area contributed by atoms with Gasteiger partial charge in [-0.2, -0.15) is 0 Å². The topological polar surface area (TPSA) is 9.23 Å². The van der Waals surface area contributed by atoms with Crippen molar-refractivity contribution in [1.29, 1.82) is 0 Å². The van der Waals surface area contributed by atoms with E-state index in [-0.39, 0.29) is 11.0 Å². The second-order valence-corrected chi connectivity index (χ2v) is 6.63. The first kappa shape index (κ1) is 13.8. The Morgan fingerprint density at radius 1 is 1.15 bits per heavy atom. The van der Waals surface area contributed by atoms with E-state index in [0.717, 1.165) is 23.3 Å². The van der Waals surface area contributed by atoms with Crippen molar-refractivity contribution < 1.29 is 4.74 Å². The summed E-state index contributed by atoms with van der Waals surface area (Å²) in [6.07, 6.45) is 0.905. The lowest BCUT2D eigenvalue weighted by molar-refractivity contribution is 0.138. The van der Waals surface area contributed by atoms with Crippen LogP contribution in [0.15, 0.2) is 42.5 Å². The first-order valence-corrected chi connectivity index (χ1v) is 7.48. The fourth-order valence-electron chi connectivity index (χ4n) is 2.65. The van der Waals surface area contributed by atoms with Crippen molar-refractivity contribution in [2.24, 2.45) is 0 Å². The molecule has 2 aromatic rings. The monoisotopic (exact) mass is 306 g/mol. The van der Waals surface area contributed by atoms with Crippen LogP contribution in [0.3, 0.4) is 0 Å². The molecule has 104 valence electrons. The van der Waals surface area contributed by atoms with Gasteiger partial charge in [-0.05, 0) is 42.7 Å². The van der Waals surface area contributed by atoms with Gasteiger partial charge >= 0.3 is 0 Å². The molecule has 2 aromatic carbocycles. The summed E-state index contributed by atoms with van der Waals surface area (Å²) >= 11 is 12.8. The number of hydrogen-bond acceptors (Lipinski definition) is 1. The Kier molecular flexibility index (Phi) is 3.43. The van der Waals surface area contributed by atoms with Gasteiger partial charge in [0.1, 0.15) is 11.4 Å². The first-order valence-electron chi connectivity index (χ1n) is 6.67. The highest BCUT2D eigenvalue weighted by Crippen LogP contribution is 2.39. The van der Waals surface area contributed by atoms with Crippen molar-refractivity contribution in [2.45, 2.75) is 31.2 Å². The molecular weight excluding hydrogens is 291 g/mol. The van der Waals surface area contributed by atoms with Crippen LogP contribution in [0.1, 0.15) is 35.9 Å². The van der Waals surface area contributed by atoms with E-state index in [1.54, 1.807) is 0 Å². The quantitative estimate of drug-likeness (QED) is 0.677. The summed E-state index contributed by atoms with van der Waals surface area (Å²) in [5.74, 6) is 0.960. The first-order chi connectivity index (χ1) is 9.46. The molecule has 1 nitrogen and oxygen atoms in total. The second-order valence-electron chi connectivity index (χ2n) is 5.79. The molecule has 0 saturated carbocycles. The van der Waals surface area contributed by atoms with Crippen LogP contribution < -0.4 is 4.74 Å². The number of hydrogen-bond donors (Lipinski definition) is 0. The van der Waals surface area contributed by atoms with Crippen LogP contribution in [-0.4, -0.2) is 5.60 Å². The van der Waals surface area contributed by atoms with Gasteiger partial charge in [-0.3, -0.25) is 0 Å². The summed E-state index contributed by atoms with van der Waals surface area (Å²) in [5, 5.41) is 0.460. The van der Waals surface area contributed by atoms with Gasteiger partial charge in [-0.25, -0.2) is 0 Å². The second kappa shape index (κ2) is 4.98. The van der Waals surface area contributed by atoms with Gasteiger partial charge in [-0.15, -0.1) is 11.6 Å². The van der Waals surface area contributed by atoms with Gasteiger partial charge in [-0.1, -0.05) is 41.9 Å². The molecule has 0 aliphatic carbocycles. The predicted molar refractivity (Wildman–Crippen MR) is 84.0 cm³/mol. The lowest BCUT2D eigenvalue weighted by Crippen LogP contribution is -2.24. The molecule has 0 N–H and O–H groups in total. The third-order valence-corrected chi connectivity index (χ3v) is 4.39. The number of alkyl halides is 1. The van der Waals surface area contributed by atoms with E-state index in [2.05, 4.69) is 19.9 Å². The molecule has 3 rings (SSSR count). The lowest BCUT2D eigenvalue weighted by atomic mass is 9.97. The predicted octanol–water partition coefficient (Wildman–Crippen LogP) is 5.38. The lowest BCUT2D eigenvalue weighted by Gasteiger charge is -2.16. The van der Waals surface area contributed by atoms with Crippen LogP contribution in [0, 0.1) is 0 Å². The molecule has 1 aliphatic rings. The fourth-order valence-corrected chi connectivity index (χ4v) is 3.27.